The normalized spacial score (nSPS) is 9.96. The molecule has 0 saturated heterocycles. The summed E-state index contributed by atoms with van der Waals surface area (Å²) in [6.07, 6.45) is 2.91. The van der Waals surface area contributed by atoms with Crippen LogP contribution in [-0.4, -0.2) is 24.2 Å². The number of hydrogen-bond acceptors (Lipinski definition) is 4. The number of nitrogens with zero attached hydrogens (tertiary/aromatic N) is 2. The Labute approximate surface area is 165 Å². The van der Waals surface area contributed by atoms with Gasteiger partial charge in [0.2, 0.25) is 0 Å². The summed E-state index contributed by atoms with van der Waals surface area (Å²) in [5, 5.41) is 0. The van der Waals surface area contributed by atoms with Crippen LogP contribution in [0.3, 0.4) is 0 Å². The van der Waals surface area contributed by atoms with Gasteiger partial charge >= 0.3 is 28.2 Å². The first-order valence-corrected chi connectivity index (χ1v) is 9.98. The summed E-state index contributed by atoms with van der Waals surface area (Å²) in [7, 11) is 7.63. The maximum atomic E-state index is 14.2. The molecule has 1 aromatic carbocycles. The predicted octanol–water partition coefficient (Wildman–Crippen LogP) is 4.59. The SMILES string of the molecule is COc1ccc(-c2[c-]c(-c3ccc(OC)cn3)c(F)cc2F)nc1.[Cl][Pt+]. The van der Waals surface area contributed by atoms with E-state index in [9.17, 15) is 8.78 Å². The summed E-state index contributed by atoms with van der Waals surface area (Å²) in [6.45, 7) is 0. The molecule has 0 radical (unpaired) electrons. The Kier molecular flexibility index (Phi) is 7.48. The van der Waals surface area contributed by atoms with Crippen molar-refractivity contribution >= 4 is 9.42 Å². The van der Waals surface area contributed by atoms with Crippen molar-refractivity contribution in [2.75, 3.05) is 14.2 Å². The van der Waals surface area contributed by atoms with Crippen molar-refractivity contribution in [3.8, 4) is 34.0 Å². The molecule has 0 spiro atoms. The van der Waals surface area contributed by atoms with Crippen molar-refractivity contribution in [1.82, 2.24) is 9.97 Å². The molecule has 0 fully saturated rings. The average molecular weight is 558 g/mol. The van der Waals surface area contributed by atoms with Gasteiger partial charge in [-0.2, -0.15) is 0 Å². The van der Waals surface area contributed by atoms with Crippen LogP contribution in [0.4, 0.5) is 8.78 Å². The molecule has 0 aliphatic heterocycles. The molecule has 0 aliphatic carbocycles. The van der Waals surface area contributed by atoms with Crippen LogP contribution < -0.4 is 9.47 Å². The molecule has 0 N–H and O–H groups in total. The monoisotopic (exact) mass is 557 g/mol. The minimum absolute atomic E-state index is 0.0617. The fraction of sp³-hybridized carbons (Fsp3) is 0.111. The number of aromatic nitrogens is 2. The molecule has 3 aromatic rings. The van der Waals surface area contributed by atoms with Gasteiger partial charge in [-0.25, -0.2) is 0 Å². The predicted molar refractivity (Wildman–Crippen MR) is 90.6 cm³/mol. The van der Waals surface area contributed by atoms with Crippen molar-refractivity contribution in [3.05, 3.63) is 60.4 Å². The second-order valence-corrected chi connectivity index (χ2v) is 4.88. The molecule has 26 heavy (non-hydrogen) atoms. The molecule has 8 heteroatoms. The van der Waals surface area contributed by atoms with Crippen LogP contribution in [-0.2, 0) is 18.8 Å². The molecule has 2 aromatic heterocycles. The van der Waals surface area contributed by atoms with Gasteiger partial charge in [0.25, 0.3) is 0 Å². The molecule has 4 nitrogen and oxygen atoms in total. The summed E-state index contributed by atoms with van der Waals surface area (Å²) in [4.78, 5) is 8.23. The zero-order valence-electron chi connectivity index (χ0n) is 13.7. The van der Waals surface area contributed by atoms with E-state index < -0.39 is 11.6 Å². The first-order chi connectivity index (χ1) is 12.6. The standard InChI is InChI=1S/C18H13F2N2O2.ClH.Pt/c1-23-11-3-5-17(21-9-11)13-7-14(16(20)8-15(13)19)18-6-4-12(24-2)10-22-18;;/h3-6,8-10H,1-2H3;1H;/q-1;;+2/p-1. The Bertz CT molecular complexity index is 794. The summed E-state index contributed by atoms with van der Waals surface area (Å²) in [5.41, 5.74) is 0.768. The van der Waals surface area contributed by atoms with E-state index in [0.717, 1.165) is 6.07 Å². The van der Waals surface area contributed by atoms with E-state index in [4.69, 9.17) is 9.47 Å². The quantitative estimate of drug-likeness (QED) is 0.440. The maximum absolute atomic E-state index is 14.2. The van der Waals surface area contributed by atoms with E-state index >= 15 is 0 Å². The van der Waals surface area contributed by atoms with Gasteiger partial charge in [0.1, 0.15) is 11.5 Å². The van der Waals surface area contributed by atoms with Crippen LogP contribution >= 0.6 is 9.42 Å². The van der Waals surface area contributed by atoms with Crippen LogP contribution in [0.1, 0.15) is 0 Å². The van der Waals surface area contributed by atoms with Gasteiger partial charge in [0.05, 0.1) is 38.2 Å². The van der Waals surface area contributed by atoms with Crippen LogP contribution in [0.5, 0.6) is 11.5 Å². The topological polar surface area (TPSA) is 44.2 Å². The summed E-state index contributed by atoms with van der Waals surface area (Å²) in [5.74, 6) is -0.415. The Morgan fingerprint density at radius 2 is 1.27 bits per heavy atom. The molecular weight excluding hydrogens is 545 g/mol. The zero-order chi connectivity index (χ0) is 19.1. The Morgan fingerprint density at radius 1 is 0.846 bits per heavy atom. The first-order valence-electron chi connectivity index (χ1n) is 7.16. The fourth-order valence-corrected chi connectivity index (χ4v) is 2.17. The van der Waals surface area contributed by atoms with Gasteiger partial charge in [0.15, 0.2) is 0 Å². The van der Waals surface area contributed by atoms with E-state index in [1.54, 1.807) is 43.0 Å². The van der Waals surface area contributed by atoms with E-state index in [1.165, 1.54) is 26.6 Å². The minimum atomic E-state index is -0.748. The average Bonchev–Trinajstić information content (AvgIpc) is 2.70. The molecule has 0 aliphatic rings. The molecule has 138 valence electrons. The van der Waals surface area contributed by atoms with Crippen LogP contribution in [0.15, 0.2) is 42.7 Å². The summed E-state index contributed by atoms with van der Waals surface area (Å²) in [6, 6.07) is 9.98. The second-order valence-electron chi connectivity index (χ2n) is 4.88. The van der Waals surface area contributed by atoms with E-state index in [0.29, 0.717) is 22.9 Å². The van der Waals surface area contributed by atoms with Gasteiger partial charge < -0.3 is 9.47 Å². The third-order valence-corrected chi connectivity index (χ3v) is 3.44. The van der Waals surface area contributed by atoms with E-state index in [2.05, 4.69) is 25.5 Å². The summed E-state index contributed by atoms with van der Waals surface area (Å²) >= 11 is 1.61. The van der Waals surface area contributed by atoms with Crippen molar-refractivity contribution < 1.29 is 37.0 Å². The molecule has 0 amide bonds. The molecule has 0 bridgehead atoms. The second kappa shape index (κ2) is 9.60. The molecule has 0 saturated carbocycles. The van der Waals surface area contributed by atoms with Crippen LogP contribution in [0.25, 0.3) is 22.5 Å². The molecular formula is C18H13ClF2N2O2Pt. The van der Waals surface area contributed by atoms with E-state index in [-0.39, 0.29) is 11.1 Å². The number of rotatable bonds is 4. The fourth-order valence-electron chi connectivity index (χ4n) is 2.17. The molecule has 2 heterocycles. The molecule has 3 rings (SSSR count). The Balaban J connectivity index is 0.00000117. The van der Waals surface area contributed by atoms with Crippen molar-refractivity contribution in [1.29, 1.82) is 0 Å². The van der Waals surface area contributed by atoms with Gasteiger partial charge in [-0.05, 0) is 12.1 Å². The zero-order valence-corrected chi connectivity index (χ0v) is 16.7. The summed E-state index contributed by atoms with van der Waals surface area (Å²) < 4.78 is 38.3. The third kappa shape index (κ3) is 4.57. The van der Waals surface area contributed by atoms with Gasteiger partial charge in [-0.15, -0.1) is 6.07 Å². The number of pyridine rings is 2. The number of hydrogen-bond donors (Lipinski definition) is 0. The molecule has 0 unspecified atom stereocenters. The number of methoxy groups -OCH3 is 2. The third-order valence-electron chi connectivity index (χ3n) is 3.44. The van der Waals surface area contributed by atoms with Gasteiger partial charge in [-0.1, -0.05) is 29.3 Å². The van der Waals surface area contributed by atoms with Crippen LogP contribution in [0, 0.1) is 17.7 Å². The van der Waals surface area contributed by atoms with Gasteiger partial charge in [-0.3, -0.25) is 18.7 Å². The number of ether oxygens (including phenoxy) is 2. The van der Waals surface area contributed by atoms with Crippen molar-refractivity contribution in [2.45, 2.75) is 0 Å². The molecule has 0 atom stereocenters. The van der Waals surface area contributed by atoms with Crippen LogP contribution in [0.2, 0.25) is 0 Å². The van der Waals surface area contributed by atoms with E-state index in [1.807, 2.05) is 0 Å². The Morgan fingerprint density at radius 3 is 1.58 bits per heavy atom. The van der Waals surface area contributed by atoms with Crippen molar-refractivity contribution in [3.63, 3.8) is 0 Å². The van der Waals surface area contributed by atoms with Crippen molar-refractivity contribution in [2.24, 2.45) is 0 Å². The number of halogens is 3. The first kappa shape index (κ1) is 20.3. The van der Waals surface area contributed by atoms with Gasteiger partial charge in [0, 0.05) is 11.4 Å². The number of benzene rings is 1. The Hall–Kier alpha value is -2.04.